The Kier molecular flexibility index (Phi) is 3.30. The Bertz CT molecular complexity index is 571. The largest absolute Gasteiger partial charge is 0.310 e. The maximum atomic E-state index is 13.7. The van der Waals surface area contributed by atoms with Crippen LogP contribution in [-0.2, 0) is 6.54 Å². The number of hydrogen-bond acceptors (Lipinski definition) is 1. The molecule has 1 aliphatic rings. The van der Waals surface area contributed by atoms with Crippen molar-refractivity contribution in [1.82, 2.24) is 5.32 Å². The van der Waals surface area contributed by atoms with Crippen LogP contribution in [0.4, 0.5) is 8.78 Å². The minimum absolute atomic E-state index is 0.0516. The average Bonchev–Trinajstić information content (AvgIpc) is 3.21. The first-order valence-corrected chi connectivity index (χ1v) is 6.51. The molecule has 1 aliphatic carbocycles. The van der Waals surface area contributed by atoms with Crippen molar-refractivity contribution in [1.29, 1.82) is 0 Å². The van der Waals surface area contributed by atoms with Gasteiger partial charge in [-0.3, -0.25) is 0 Å². The summed E-state index contributed by atoms with van der Waals surface area (Å²) in [4.78, 5) is 0. The van der Waals surface area contributed by atoms with Gasteiger partial charge in [-0.15, -0.1) is 0 Å². The Balaban J connectivity index is 1.89. The standard InChI is InChI=1S/C16H15F2N/c17-14-5-2-6-15(18)16(14)12-4-1-3-11(9-12)10-19-13-7-8-13/h1-6,9,13,19H,7-8,10H2. The molecule has 2 aromatic carbocycles. The Morgan fingerprint density at radius 1 is 1.00 bits per heavy atom. The van der Waals surface area contributed by atoms with Crippen molar-refractivity contribution in [2.75, 3.05) is 0 Å². The molecule has 3 rings (SSSR count). The van der Waals surface area contributed by atoms with E-state index in [2.05, 4.69) is 5.32 Å². The van der Waals surface area contributed by atoms with E-state index in [1.807, 2.05) is 18.2 Å². The fourth-order valence-electron chi connectivity index (χ4n) is 2.16. The van der Waals surface area contributed by atoms with Gasteiger partial charge in [0.2, 0.25) is 0 Å². The van der Waals surface area contributed by atoms with Gasteiger partial charge in [0.1, 0.15) is 11.6 Å². The Morgan fingerprint density at radius 3 is 2.37 bits per heavy atom. The van der Waals surface area contributed by atoms with E-state index in [4.69, 9.17) is 0 Å². The van der Waals surface area contributed by atoms with Crippen molar-refractivity contribution >= 4 is 0 Å². The van der Waals surface area contributed by atoms with Gasteiger partial charge in [-0.05, 0) is 42.2 Å². The second kappa shape index (κ2) is 5.10. The minimum atomic E-state index is -0.521. The lowest BCUT2D eigenvalue weighted by atomic mass is 10.0. The minimum Gasteiger partial charge on any atom is -0.310 e. The van der Waals surface area contributed by atoms with Gasteiger partial charge in [0.15, 0.2) is 0 Å². The lowest BCUT2D eigenvalue weighted by molar-refractivity contribution is 0.589. The predicted octanol–water partition coefficient (Wildman–Crippen LogP) is 3.88. The molecule has 0 saturated heterocycles. The van der Waals surface area contributed by atoms with Crippen molar-refractivity contribution in [3.05, 3.63) is 59.7 Å². The molecule has 0 radical (unpaired) electrons. The first kappa shape index (κ1) is 12.3. The van der Waals surface area contributed by atoms with Crippen LogP contribution in [0, 0.1) is 11.6 Å². The van der Waals surface area contributed by atoms with Crippen LogP contribution in [0.1, 0.15) is 18.4 Å². The van der Waals surface area contributed by atoms with Gasteiger partial charge in [-0.2, -0.15) is 0 Å². The van der Waals surface area contributed by atoms with Gasteiger partial charge in [0.05, 0.1) is 5.56 Å². The van der Waals surface area contributed by atoms with Crippen molar-refractivity contribution < 1.29 is 8.78 Å². The van der Waals surface area contributed by atoms with E-state index >= 15 is 0 Å². The SMILES string of the molecule is Fc1cccc(F)c1-c1cccc(CNC2CC2)c1. The molecule has 0 spiro atoms. The third kappa shape index (κ3) is 2.82. The molecule has 0 heterocycles. The third-order valence-corrected chi connectivity index (χ3v) is 3.35. The number of hydrogen-bond donors (Lipinski definition) is 1. The molecule has 0 aromatic heterocycles. The summed E-state index contributed by atoms with van der Waals surface area (Å²) in [5, 5.41) is 3.39. The summed E-state index contributed by atoms with van der Waals surface area (Å²) in [6.07, 6.45) is 2.45. The maximum Gasteiger partial charge on any atom is 0.133 e. The molecule has 2 aromatic rings. The van der Waals surface area contributed by atoms with E-state index in [1.54, 1.807) is 6.07 Å². The Labute approximate surface area is 111 Å². The van der Waals surface area contributed by atoms with E-state index in [0.29, 0.717) is 11.6 Å². The summed E-state index contributed by atoms with van der Waals surface area (Å²) < 4.78 is 27.5. The van der Waals surface area contributed by atoms with E-state index in [-0.39, 0.29) is 5.56 Å². The summed E-state index contributed by atoms with van der Waals surface area (Å²) in [6, 6.07) is 12.0. The first-order chi connectivity index (χ1) is 9.24. The molecule has 1 nitrogen and oxygen atoms in total. The van der Waals surface area contributed by atoms with Crippen molar-refractivity contribution in [3.63, 3.8) is 0 Å². The van der Waals surface area contributed by atoms with E-state index in [0.717, 1.165) is 12.1 Å². The molecule has 0 atom stereocenters. The summed E-state index contributed by atoms with van der Waals surface area (Å²) >= 11 is 0. The highest BCUT2D eigenvalue weighted by Gasteiger charge is 2.20. The Morgan fingerprint density at radius 2 is 1.68 bits per heavy atom. The topological polar surface area (TPSA) is 12.0 Å². The van der Waals surface area contributed by atoms with E-state index in [1.165, 1.54) is 31.0 Å². The lowest BCUT2D eigenvalue weighted by Crippen LogP contribution is -2.15. The highest BCUT2D eigenvalue weighted by atomic mass is 19.1. The summed E-state index contributed by atoms with van der Waals surface area (Å²) in [5.41, 5.74) is 1.69. The van der Waals surface area contributed by atoms with Crippen LogP contribution < -0.4 is 5.32 Å². The van der Waals surface area contributed by atoms with E-state index < -0.39 is 11.6 Å². The van der Waals surface area contributed by atoms with Gasteiger partial charge in [-0.1, -0.05) is 24.3 Å². The summed E-state index contributed by atoms with van der Waals surface area (Å²) in [5.74, 6) is -1.04. The molecule has 1 saturated carbocycles. The van der Waals surface area contributed by atoms with Crippen molar-refractivity contribution in [2.24, 2.45) is 0 Å². The second-order valence-electron chi connectivity index (χ2n) is 4.95. The average molecular weight is 259 g/mol. The number of halogens is 2. The van der Waals surface area contributed by atoms with Crippen molar-refractivity contribution in [2.45, 2.75) is 25.4 Å². The van der Waals surface area contributed by atoms with E-state index in [9.17, 15) is 8.78 Å². The highest BCUT2D eigenvalue weighted by Crippen LogP contribution is 2.27. The van der Waals surface area contributed by atoms with Gasteiger partial charge < -0.3 is 5.32 Å². The molecule has 98 valence electrons. The molecule has 0 amide bonds. The highest BCUT2D eigenvalue weighted by molar-refractivity contribution is 5.65. The van der Waals surface area contributed by atoms with Gasteiger partial charge in [0.25, 0.3) is 0 Å². The first-order valence-electron chi connectivity index (χ1n) is 6.51. The molecular weight excluding hydrogens is 244 g/mol. The molecule has 1 N–H and O–H groups in total. The zero-order valence-corrected chi connectivity index (χ0v) is 10.5. The van der Waals surface area contributed by atoms with Crippen LogP contribution in [0.3, 0.4) is 0 Å². The fourth-order valence-corrected chi connectivity index (χ4v) is 2.16. The smallest absolute Gasteiger partial charge is 0.133 e. The predicted molar refractivity (Wildman–Crippen MR) is 71.7 cm³/mol. The number of benzene rings is 2. The maximum absolute atomic E-state index is 13.7. The molecule has 19 heavy (non-hydrogen) atoms. The molecule has 3 heteroatoms. The summed E-state index contributed by atoms with van der Waals surface area (Å²) in [7, 11) is 0. The van der Waals surface area contributed by atoms with Gasteiger partial charge in [0, 0.05) is 12.6 Å². The Hall–Kier alpha value is -1.74. The molecule has 0 unspecified atom stereocenters. The molecule has 0 bridgehead atoms. The molecular formula is C16H15F2N. The zero-order valence-electron chi connectivity index (χ0n) is 10.5. The number of rotatable bonds is 4. The second-order valence-corrected chi connectivity index (χ2v) is 4.95. The zero-order chi connectivity index (χ0) is 13.2. The van der Waals surface area contributed by atoms with Gasteiger partial charge >= 0.3 is 0 Å². The van der Waals surface area contributed by atoms with Crippen LogP contribution in [0.5, 0.6) is 0 Å². The van der Waals surface area contributed by atoms with Crippen molar-refractivity contribution in [3.8, 4) is 11.1 Å². The molecule has 0 aliphatic heterocycles. The summed E-state index contributed by atoms with van der Waals surface area (Å²) in [6.45, 7) is 0.745. The normalized spacial score (nSPS) is 14.6. The lowest BCUT2D eigenvalue weighted by Gasteiger charge is -2.08. The van der Waals surface area contributed by atoms with Crippen LogP contribution in [0.2, 0.25) is 0 Å². The third-order valence-electron chi connectivity index (χ3n) is 3.35. The van der Waals surface area contributed by atoms with Crippen LogP contribution in [0.15, 0.2) is 42.5 Å². The fraction of sp³-hybridized carbons (Fsp3) is 0.250. The van der Waals surface area contributed by atoms with Gasteiger partial charge in [-0.25, -0.2) is 8.78 Å². The van der Waals surface area contributed by atoms with Crippen LogP contribution in [0.25, 0.3) is 11.1 Å². The monoisotopic (exact) mass is 259 g/mol. The quantitative estimate of drug-likeness (QED) is 0.878. The number of nitrogens with one attached hydrogen (secondary N) is 1. The van der Waals surface area contributed by atoms with Crippen LogP contribution in [-0.4, -0.2) is 6.04 Å². The molecule has 1 fully saturated rings. The van der Waals surface area contributed by atoms with Crippen LogP contribution >= 0.6 is 0 Å².